The van der Waals surface area contributed by atoms with Gasteiger partial charge in [0.1, 0.15) is 6.10 Å². The second-order valence-electron chi connectivity index (χ2n) is 13.7. The summed E-state index contributed by atoms with van der Waals surface area (Å²) in [6.07, 6.45) is 6.43. The number of hydrogen-bond donors (Lipinski definition) is 2. The first-order chi connectivity index (χ1) is 14.8. The van der Waals surface area contributed by atoms with E-state index in [2.05, 4.69) is 41.5 Å². The highest BCUT2D eigenvalue weighted by molar-refractivity contribution is 5.66. The summed E-state index contributed by atoms with van der Waals surface area (Å²) in [5.74, 6) is 2.42. The number of fused-ring (bicyclic) bond motifs is 6. The van der Waals surface area contributed by atoms with Gasteiger partial charge in [0.15, 0.2) is 0 Å². The summed E-state index contributed by atoms with van der Waals surface area (Å²) in [6, 6.07) is 0. The van der Waals surface area contributed by atoms with Gasteiger partial charge in [0, 0.05) is 12.3 Å². The summed E-state index contributed by atoms with van der Waals surface area (Å²) in [7, 11) is 0. The lowest BCUT2D eigenvalue weighted by Gasteiger charge is -2.70. The Kier molecular flexibility index (Phi) is 5.04. The smallest absolute Gasteiger partial charge is 0.302 e. The van der Waals surface area contributed by atoms with Crippen LogP contribution in [0.5, 0.6) is 0 Å². The van der Waals surface area contributed by atoms with Gasteiger partial charge < -0.3 is 14.9 Å². The molecule has 0 radical (unpaired) electrons. The zero-order valence-corrected chi connectivity index (χ0v) is 21.4. The number of aliphatic hydroxyl groups excluding tert-OH is 2. The van der Waals surface area contributed by atoms with Gasteiger partial charge in [0.2, 0.25) is 0 Å². The van der Waals surface area contributed by atoms with Crippen LogP contribution >= 0.6 is 0 Å². The van der Waals surface area contributed by atoms with E-state index in [1.807, 2.05) is 0 Å². The lowest BCUT2D eigenvalue weighted by atomic mass is 9.34. The van der Waals surface area contributed by atoms with E-state index in [1.165, 1.54) is 0 Å². The van der Waals surface area contributed by atoms with Gasteiger partial charge in [-0.1, -0.05) is 41.5 Å². The molecule has 5 rings (SSSR count). The highest BCUT2D eigenvalue weighted by atomic mass is 16.5. The average molecular weight is 447 g/mol. The van der Waals surface area contributed by atoms with Crippen LogP contribution in [0.2, 0.25) is 0 Å². The Morgan fingerprint density at radius 1 is 0.938 bits per heavy atom. The molecular formula is C28H46O4. The molecule has 0 heterocycles. The van der Waals surface area contributed by atoms with Crippen LogP contribution in [0.1, 0.15) is 93.4 Å². The third kappa shape index (κ3) is 2.55. The van der Waals surface area contributed by atoms with E-state index < -0.39 is 0 Å². The van der Waals surface area contributed by atoms with Crippen molar-refractivity contribution in [2.75, 3.05) is 0 Å². The molecule has 4 heteroatoms. The van der Waals surface area contributed by atoms with Crippen molar-refractivity contribution in [1.82, 2.24) is 0 Å². The minimum Gasteiger partial charge on any atom is -0.462 e. The molecule has 182 valence electrons. The summed E-state index contributed by atoms with van der Waals surface area (Å²) in [5.41, 5.74) is 0.147. The van der Waals surface area contributed by atoms with Gasteiger partial charge >= 0.3 is 5.97 Å². The van der Waals surface area contributed by atoms with E-state index in [0.717, 1.165) is 44.9 Å². The Hall–Kier alpha value is -0.610. The van der Waals surface area contributed by atoms with Crippen LogP contribution in [0.15, 0.2) is 0 Å². The largest absolute Gasteiger partial charge is 0.462 e. The van der Waals surface area contributed by atoms with Crippen LogP contribution < -0.4 is 0 Å². The number of hydrogen-bond acceptors (Lipinski definition) is 4. The minimum absolute atomic E-state index is 0.0165. The van der Waals surface area contributed by atoms with E-state index in [0.29, 0.717) is 29.6 Å². The highest BCUT2D eigenvalue weighted by Crippen LogP contribution is 2.79. The molecule has 5 saturated carbocycles. The van der Waals surface area contributed by atoms with Gasteiger partial charge in [0.05, 0.1) is 12.2 Å². The zero-order valence-electron chi connectivity index (χ0n) is 21.4. The zero-order chi connectivity index (χ0) is 23.4. The summed E-state index contributed by atoms with van der Waals surface area (Å²) < 4.78 is 6.11. The van der Waals surface area contributed by atoms with E-state index in [-0.39, 0.29) is 51.9 Å². The molecule has 32 heavy (non-hydrogen) atoms. The maximum Gasteiger partial charge on any atom is 0.302 e. The van der Waals surface area contributed by atoms with Crippen LogP contribution in [-0.2, 0) is 9.53 Å². The Bertz CT molecular complexity index is 796. The maximum atomic E-state index is 12.2. The van der Waals surface area contributed by atoms with Crippen molar-refractivity contribution in [1.29, 1.82) is 0 Å². The third-order valence-corrected chi connectivity index (χ3v) is 12.9. The van der Waals surface area contributed by atoms with E-state index in [4.69, 9.17) is 4.74 Å². The Morgan fingerprint density at radius 2 is 1.62 bits per heavy atom. The molecular weight excluding hydrogens is 400 g/mol. The Balaban J connectivity index is 1.59. The monoisotopic (exact) mass is 446 g/mol. The molecule has 4 nitrogen and oxygen atoms in total. The summed E-state index contributed by atoms with van der Waals surface area (Å²) in [5, 5.41) is 22.5. The molecule has 0 bridgehead atoms. The van der Waals surface area contributed by atoms with Crippen LogP contribution in [0.25, 0.3) is 0 Å². The number of aliphatic hydroxyl groups is 2. The summed E-state index contributed by atoms with van der Waals surface area (Å²) in [4.78, 5) is 12.2. The molecule has 13 atom stereocenters. The predicted octanol–water partition coefficient (Wildman–Crippen LogP) is 5.20. The molecule has 5 fully saturated rings. The number of esters is 1. The van der Waals surface area contributed by atoms with Crippen molar-refractivity contribution >= 4 is 5.97 Å². The third-order valence-electron chi connectivity index (χ3n) is 12.9. The fraction of sp³-hybridized carbons (Fsp3) is 0.964. The Labute approximate surface area is 194 Å². The normalized spacial score (nSPS) is 61.3. The lowest BCUT2D eigenvalue weighted by Crippen LogP contribution is -2.67. The number of rotatable bonds is 1. The van der Waals surface area contributed by atoms with Crippen molar-refractivity contribution in [2.24, 2.45) is 57.2 Å². The van der Waals surface area contributed by atoms with Gasteiger partial charge in [-0.3, -0.25) is 4.79 Å². The van der Waals surface area contributed by atoms with Gasteiger partial charge in [0.25, 0.3) is 0 Å². The molecule has 5 aliphatic rings. The summed E-state index contributed by atoms with van der Waals surface area (Å²) in [6.45, 7) is 15.9. The predicted molar refractivity (Wildman–Crippen MR) is 125 cm³/mol. The van der Waals surface area contributed by atoms with Crippen molar-refractivity contribution in [2.45, 2.75) is 112 Å². The topological polar surface area (TPSA) is 66.8 Å². The molecule has 1 spiro atoms. The molecule has 5 aliphatic carbocycles. The molecule has 4 unspecified atom stereocenters. The number of carbonyl (C=O) groups is 1. The molecule has 0 aromatic carbocycles. The van der Waals surface area contributed by atoms with Crippen molar-refractivity contribution < 1.29 is 19.7 Å². The fourth-order valence-electron chi connectivity index (χ4n) is 11.1. The van der Waals surface area contributed by atoms with E-state index in [9.17, 15) is 15.0 Å². The standard InChI is InChI=1S/C28H46O4/c1-15-13-28(17(15)3)22-12-21(31)24-25(5)10-9-20(30)16(2)19(25)8-11-26(24,6)27(22,7)14-23(28)32-18(4)29/h15-17,19-24,30-31H,8-14H2,1-7H3/t15-,16-,17?,19?,20+,21+,22?,23-,24?,25-,26-,27-,28+/m0/s1. The summed E-state index contributed by atoms with van der Waals surface area (Å²) >= 11 is 0. The lowest BCUT2D eigenvalue weighted by molar-refractivity contribution is -0.255. The quantitative estimate of drug-likeness (QED) is 0.543. The van der Waals surface area contributed by atoms with Crippen LogP contribution in [0.3, 0.4) is 0 Å². The molecule has 0 aliphatic heterocycles. The highest BCUT2D eigenvalue weighted by Gasteiger charge is 2.77. The fourth-order valence-corrected chi connectivity index (χ4v) is 11.1. The van der Waals surface area contributed by atoms with Crippen molar-refractivity contribution in [3.63, 3.8) is 0 Å². The van der Waals surface area contributed by atoms with Crippen molar-refractivity contribution in [3.8, 4) is 0 Å². The first-order valence-electron chi connectivity index (χ1n) is 13.4. The van der Waals surface area contributed by atoms with Gasteiger partial charge in [-0.05, 0) is 96.7 Å². The average Bonchev–Trinajstić information content (AvgIpc) is 2.95. The van der Waals surface area contributed by atoms with Crippen LogP contribution in [0, 0.1) is 57.2 Å². The second-order valence-corrected chi connectivity index (χ2v) is 13.7. The maximum absolute atomic E-state index is 12.2. The molecule has 0 saturated heterocycles. The number of ether oxygens (including phenoxy) is 1. The Morgan fingerprint density at radius 3 is 2.22 bits per heavy atom. The van der Waals surface area contributed by atoms with E-state index in [1.54, 1.807) is 6.92 Å². The first kappa shape index (κ1) is 23.1. The van der Waals surface area contributed by atoms with Gasteiger partial charge in [-0.15, -0.1) is 0 Å². The second kappa shape index (κ2) is 6.97. The van der Waals surface area contributed by atoms with Crippen molar-refractivity contribution in [3.05, 3.63) is 0 Å². The molecule has 0 aromatic rings. The first-order valence-corrected chi connectivity index (χ1v) is 13.4. The van der Waals surface area contributed by atoms with Gasteiger partial charge in [-0.25, -0.2) is 0 Å². The number of carbonyl (C=O) groups excluding carboxylic acids is 1. The van der Waals surface area contributed by atoms with E-state index >= 15 is 0 Å². The van der Waals surface area contributed by atoms with Crippen LogP contribution in [0.4, 0.5) is 0 Å². The SMILES string of the molecule is CC(=O)O[C@H]1C[C@@]2(C)C(C[C@@H](O)C3[C@@]4(C)CC[C@@H](O)[C@@H](C)C4CC[C@@]32C)[C@]12C[C@H](C)C2C. The molecule has 2 N–H and O–H groups in total. The van der Waals surface area contributed by atoms with Gasteiger partial charge in [-0.2, -0.15) is 0 Å². The van der Waals surface area contributed by atoms with Crippen LogP contribution in [-0.4, -0.2) is 34.5 Å². The molecule has 0 amide bonds. The molecule has 0 aromatic heterocycles. The minimum atomic E-state index is -0.315.